The van der Waals surface area contributed by atoms with Gasteiger partial charge in [0.25, 0.3) is 5.91 Å². The molecule has 0 spiro atoms. The monoisotopic (exact) mass is 466 g/mol. The number of likely N-dealkylation sites (tertiary alicyclic amines) is 1. The number of carbonyl (C=O) groups is 2. The highest BCUT2D eigenvalue weighted by Gasteiger charge is 2.25. The molecule has 0 radical (unpaired) electrons. The quantitative estimate of drug-likeness (QED) is 0.415. The van der Waals surface area contributed by atoms with Crippen LogP contribution in [0.2, 0.25) is 0 Å². The fourth-order valence-electron chi connectivity index (χ4n) is 4.38. The van der Waals surface area contributed by atoms with E-state index in [2.05, 4.69) is 39.4 Å². The van der Waals surface area contributed by atoms with Gasteiger partial charge in [0.1, 0.15) is 5.82 Å². The van der Waals surface area contributed by atoms with E-state index in [9.17, 15) is 9.59 Å². The van der Waals surface area contributed by atoms with Crippen LogP contribution >= 0.6 is 0 Å². The number of aromatic nitrogens is 3. The number of rotatable bonds is 6. The van der Waals surface area contributed by atoms with Crippen molar-refractivity contribution in [2.24, 2.45) is 0 Å². The normalized spacial score (nSPS) is 15.5. The smallest absolute Gasteiger partial charge is 0.253 e. The molecule has 2 aromatic carbocycles. The van der Waals surface area contributed by atoms with Gasteiger partial charge in [-0.15, -0.1) is 5.10 Å². The molecular formula is C27H26N6O2. The van der Waals surface area contributed by atoms with Crippen molar-refractivity contribution < 1.29 is 9.59 Å². The Hall–Kier alpha value is -4.46. The first-order valence-electron chi connectivity index (χ1n) is 11.6. The summed E-state index contributed by atoms with van der Waals surface area (Å²) < 4.78 is 1.78. The third-order valence-electron chi connectivity index (χ3n) is 6.09. The van der Waals surface area contributed by atoms with E-state index < -0.39 is 0 Å². The van der Waals surface area contributed by atoms with Gasteiger partial charge in [0, 0.05) is 48.3 Å². The van der Waals surface area contributed by atoms with Crippen LogP contribution in [0.3, 0.4) is 0 Å². The lowest BCUT2D eigenvalue weighted by Gasteiger charge is -2.33. The van der Waals surface area contributed by atoms with E-state index >= 15 is 0 Å². The van der Waals surface area contributed by atoms with Crippen molar-refractivity contribution in [3.05, 3.63) is 91.3 Å². The average molecular weight is 467 g/mol. The molecule has 2 N–H and O–H groups in total. The molecule has 176 valence electrons. The molecule has 4 aromatic rings. The van der Waals surface area contributed by atoms with Crippen LogP contribution in [0.4, 0.5) is 11.5 Å². The molecule has 5 rings (SSSR count). The third-order valence-corrected chi connectivity index (χ3v) is 6.09. The number of amides is 2. The standard InChI is InChI=1S/C27H26N6O2/c1-2-25(34)30-21-12-10-20(11-13-21)27(35)32-15-6-9-22(18-32)29-24-17-23(19-7-4-3-5-8-19)26-28-14-16-33(26)31-24/h2-5,7-8,10-14,16-17,22H,1,6,9,15,18H2,(H,29,31)(H,30,34)/t22-/m1/s1. The van der Waals surface area contributed by atoms with Gasteiger partial charge in [-0.3, -0.25) is 9.59 Å². The second-order valence-corrected chi connectivity index (χ2v) is 8.51. The van der Waals surface area contributed by atoms with Gasteiger partial charge >= 0.3 is 0 Å². The largest absolute Gasteiger partial charge is 0.364 e. The van der Waals surface area contributed by atoms with E-state index in [0.717, 1.165) is 35.4 Å². The summed E-state index contributed by atoms with van der Waals surface area (Å²) in [5, 5.41) is 10.9. The predicted octanol–water partition coefficient (Wildman–Crippen LogP) is 4.24. The molecule has 2 aromatic heterocycles. The summed E-state index contributed by atoms with van der Waals surface area (Å²) in [6.45, 7) is 4.73. The van der Waals surface area contributed by atoms with Crippen LogP contribution in [-0.2, 0) is 4.79 Å². The molecular weight excluding hydrogens is 440 g/mol. The van der Waals surface area contributed by atoms with E-state index in [1.54, 1.807) is 35.0 Å². The number of anilines is 2. The predicted molar refractivity (Wildman–Crippen MR) is 136 cm³/mol. The van der Waals surface area contributed by atoms with Gasteiger partial charge in [0.2, 0.25) is 5.91 Å². The molecule has 35 heavy (non-hydrogen) atoms. The van der Waals surface area contributed by atoms with Crippen molar-refractivity contribution in [2.75, 3.05) is 23.7 Å². The summed E-state index contributed by atoms with van der Waals surface area (Å²) in [5.41, 5.74) is 4.09. The van der Waals surface area contributed by atoms with Gasteiger partial charge in [0.05, 0.1) is 0 Å². The highest BCUT2D eigenvalue weighted by Crippen LogP contribution is 2.26. The lowest BCUT2D eigenvalue weighted by molar-refractivity contribution is -0.111. The summed E-state index contributed by atoms with van der Waals surface area (Å²) >= 11 is 0. The number of carbonyl (C=O) groups excluding carboxylic acids is 2. The van der Waals surface area contributed by atoms with Crippen LogP contribution in [0.25, 0.3) is 16.8 Å². The number of benzene rings is 2. The Kier molecular flexibility index (Phi) is 6.26. The Labute approximate surface area is 203 Å². The van der Waals surface area contributed by atoms with Gasteiger partial charge in [-0.25, -0.2) is 9.50 Å². The lowest BCUT2D eigenvalue weighted by atomic mass is 10.0. The minimum absolute atomic E-state index is 0.0268. The Morgan fingerprint density at radius 1 is 1.09 bits per heavy atom. The molecule has 0 aliphatic carbocycles. The Balaban J connectivity index is 1.30. The number of hydrogen-bond donors (Lipinski definition) is 2. The van der Waals surface area contributed by atoms with Crippen molar-refractivity contribution in [2.45, 2.75) is 18.9 Å². The van der Waals surface area contributed by atoms with Crippen molar-refractivity contribution in [1.82, 2.24) is 19.5 Å². The number of fused-ring (bicyclic) bond motifs is 1. The second-order valence-electron chi connectivity index (χ2n) is 8.51. The van der Waals surface area contributed by atoms with Crippen LogP contribution in [0.5, 0.6) is 0 Å². The molecule has 8 heteroatoms. The molecule has 0 bridgehead atoms. The van der Waals surface area contributed by atoms with Gasteiger partial charge in [-0.2, -0.15) is 0 Å². The fraction of sp³-hybridized carbons (Fsp3) is 0.185. The highest BCUT2D eigenvalue weighted by molar-refractivity contribution is 5.99. The molecule has 1 aliphatic heterocycles. The third kappa shape index (κ3) is 4.91. The molecule has 2 amide bonds. The van der Waals surface area contributed by atoms with Gasteiger partial charge in [0.15, 0.2) is 5.65 Å². The van der Waals surface area contributed by atoms with Crippen LogP contribution in [0.15, 0.2) is 85.7 Å². The number of nitrogens with one attached hydrogen (secondary N) is 2. The van der Waals surface area contributed by atoms with Crippen molar-refractivity contribution in [3.8, 4) is 11.1 Å². The average Bonchev–Trinajstić information content (AvgIpc) is 3.37. The molecule has 8 nitrogen and oxygen atoms in total. The SMILES string of the molecule is C=CC(=O)Nc1ccc(C(=O)N2CCC[C@@H](Nc3cc(-c4ccccc4)c4nccn4n3)C2)cc1. The molecule has 1 saturated heterocycles. The number of imidazole rings is 1. The van der Waals surface area contributed by atoms with Gasteiger partial charge in [-0.05, 0) is 54.8 Å². The zero-order chi connectivity index (χ0) is 24.2. The van der Waals surface area contributed by atoms with Crippen molar-refractivity contribution in [3.63, 3.8) is 0 Å². The highest BCUT2D eigenvalue weighted by atomic mass is 16.2. The summed E-state index contributed by atoms with van der Waals surface area (Å²) in [5.74, 6) is 0.434. The molecule has 0 saturated carbocycles. The maximum Gasteiger partial charge on any atom is 0.253 e. The molecule has 1 fully saturated rings. The zero-order valence-electron chi connectivity index (χ0n) is 19.2. The van der Waals surface area contributed by atoms with Crippen LogP contribution < -0.4 is 10.6 Å². The Morgan fingerprint density at radius 3 is 2.66 bits per heavy atom. The zero-order valence-corrected chi connectivity index (χ0v) is 19.2. The van der Waals surface area contributed by atoms with Gasteiger partial charge in [-0.1, -0.05) is 36.9 Å². The summed E-state index contributed by atoms with van der Waals surface area (Å²) in [6, 6.07) is 19.1. The molecule has 0 unspecified atom stereocenters. The van der Waals surface area contributed by atoms with Crippen LogP contribution in [0.1, 0.15) is 23.2 Å². The summed E-state index contributed by atoms with van der Waals surface area (Å²) in [6.07, 6.45) is 6.64. The van der Waals surface area contributed by atoms with E-state index in [-0.39, 0.29) is 17.9 Å². The maximum absolute atomic E-state index is 13.1. The van der Waals surface area contributed by atoms with E-state index in [1.807, 2.05) is 35.4 Å². The first-order chi connectivity index (χ1) is 17.1. The first-order valence-corrected chi connectivity index (χ1v) is 11.6. The molecule has 3 heterocycles. The lowest BCUT2D eigenvalue weighted by Crippen LogP contribution is -2.45. The Morgan fingerprint density at radius 2 is 1.89 bits per heavy atom. The molecule has 1 aliphatic rings. The molecule has 1 atom stereocenters. The minimum Gasteiger partial charge on any atom is -0.364 e. The number of piperidine rings is 1. The maximum atomic E-state index is 13.1. The van der Waals surface area contributed by atoms with Crippen molar-refractivity contribution >= 4 is 29.0 Å². The van der Waals surface area contributed by atoms with E-state index in [4.69, 9.17) is 0 Å². The second kappa shape index (κ2) is 9.80. The van der Waals surface area contributed by atoms with Gasteiger partial charge < -0.3 is 15.5 Å². The van der Waals surface area contributed by atoms with Crippen LogP contribution in [0, 0.1) is 0 Å². The van der Waals surface area contributed by atoms with E-state index in [1.165, 1.54) is 6.08 Å². The first kappa shape index (κ1) is 22.3. The van der Waals surface area contributed by atoms with E-state index in [0.29, 0.717) is 24.3 Å². The number of hydrogen-bond acceptors (Lipinski definition) is 5. The topological polar surface area (TPSA) is 91.6 Å². The summed E-state index contributed by atoms with van der Waals surface area (Å²) in [7, 11) is 0. The number of nitrogens with zero attached hydrogens (tertiary/aromatic N) is 4. The van der Waals surface area contributed by atoms with Crippen LogP contribution in [-0.4, -0.2) is 50.4 Å². The van der Waals surface area contributed by atoms with Crippen molar-refractivity contribution in [1.29, 1.82) is 0 Å². The minimum atomic E-state index is -0.285. The summed E-state index contributed by atoms with van der Waals surface area (Å²) in [4.78, 5) is 30.9. The Bertz CT molecular complexity index is 1360. The fourth-order valence-corrected chi connectivity index (χ4v) is 4.38.